The first-order valence-electron chi connectivity index (χ1n) is 2.74. The minimum absolute atomic E-state index is 0.180. The van der Waals surface area contributed by atoms with Crippen molar-refractivity contribution < 1.29 is 13.3 Å². The molecule has 3 nitrogen and oxygen atoms in total. The zero-order valence-corrected chi connectivity index (χ0v) is 8.04. The van der Waals surface area contributed by atoms with Crippen molar-refractivity contribution in [1.82, 2.24) is 0 Å². The van der Waals surface area contributed by atoms with Gasteiger partial charge in [-0.3, -0.25) is 0 Å². The van der Waals surface area contributed by atoms with Gasteiger partial charge >= 0.3 is 0 Å². The molecule has 6 heteroatoms. The molecular weight excluding hydrogens is 192 g/mol. The molecule has 0 aromatic carbocycles. The van der Waals surface area contributed by atoms with E-state index in [9.17, 15) is 4.21 Å². The van der Waals surface area contributed by atoms with Crippen LogP contribution in [0.3, 0.4) is 0 Å². The summed E-state index contributed by atoms with van der Waals surface area (Å²) >= 11 is 7.49. The minimum atomic E-state index is -4.33. The molecule has 0 aromatic heterocycles. The molecule has 2 N–H and O–H groups in total. The van der Waals surface area contributed by atoms with Crippen molar-refractivity contribution in [1.29, 1.82) is 0 Å². The van der Waals surface area contributed by atoms with Gasteiger partial charge in [0.15, 0.2) is 0 Å². The Morgan fingerprint density at radius 3 is 1.60 bits per heavy atom. The van der Waals surface area contributed by atoms with E-state index in [1.165, 1.54) is 0 Å². The first-order chi connectivity index (χ1) is 4.39. The van der Waals surface area contributed by atoms with Gasteiger partial charge in [-0.2, -0.15) is 25.3 Å². The molecular formula is C4H12O3S3. The van der Waals surface area contributed by atoms with E-state index >= 15 is 0 Å². The maximum absolute atomic E-state index is 11.0. The Hall–Kier alpha value is 0.770. The molecule has 0 saturated carbocycles. The van der Waals surface area contributed by atoms with Crippen LogP contribution in [0, 0.1) is 0 Å². The zero-order valence-electron chi connectivity index (χ0n) is 5.43. The highest BCUT2D eigenvalue weighted by Gasteiger charge is 2.27. The molecule has 0 aliphatic carbocycles. The summed E-state index contributed by atoms with van der Waals surface area (Å²) in [5.41, 5.74) is 0. The van der Waals surface area contributed by atoms with E-state index in [1.807, 2.05) is 0 Å². The third kappa shape index (κ3) is 4.56. The number of rotatable bonds is 4. The molecule has 0 aliphatic rings. The molecule has 0 rings (SSSR count). The van der Waals surface area contributed by atoms with Gasteiger partial charge in [-0.25, -0.2) is 4.21 Å². The predicted octanol–water partition coefficient (Wildman–Crippen LogP) is 0.612. The summed E-state index contributed by atoms with van der Waals surface area (Å²) in [5.74, 6) is 0.0417. The SMILES string of the molecule is O=S(O)(O)(CCS)CCS. The van der Waals surface area contributed by atoms with Gasteiger partial charge in [-0.15, -0.1) is 0 Å². The van der Waals surface area contributed by atoms with Crippen LogP contribution < -0.4 is 0 Å². The highest BCUT2D eigenvalue weighted by Crippen LogP contribution is 2.16. The molecule has 0 heterocycles. The first kappa shape index (κ1) is 10.8. The van der Waals surface area contributed by atoms with E-state index in [0.717, 1.165) is 0 Å². The Morgan fingerprint density at radius 1 is 1.10 bits per heavy atom. The van der Waals surface area contributed by atoms with Crippen molar-refractivity contribution in [3.63, 3.8) is 0 Å². The van der Waals surface area contributed by atoms with Gasteiger partial charge in [-0.05, 0) is 0 Å². The molecule has 0 aliphatic heterocycles. The monoisotopic (exact) mass is 204 g/mol. The van der Waals surface area contributed by atoms with Crippen molar-refractivity contribution in [3.05, 3.63) is 0 Å². The third-order valence-corrected chi connectivity index (χ3v) is 4.10. The second-order valence-corrected chi connectivity index (χ2v) is 6.13. The number of hydrogen-bond acceptors (Lipinski definition) is 3. The Labute approximate surface area is 71.5 Å². The highest BCUT2D eigenvalue weighted by molar-refractivity contribution is 8.11. The molecule has 0 bridgehead atoms. The molecule has 0 aromatic rings. The van der Waals surface area contributed by atoms with E-state index < -0.39 is 9.63 Å². The maximum atomic E-state index is 11.0. The van der Waals surface area contributed by atoms with Crippen LogP contribution in [0.25, 0.3) is 0 Å². The number of hydrogen-bond donors (Lipinski definition) is 4. The predicted molar refractivity (Wildman–Crippen MR) is 50.8 cm³/mol. The van der Waals surface area contributed by atoms with Gasteiger partial charge in [0.25, 0.3) is 0 Å². The van der Waals surface area contributed by atoms with Gasteiger partial charge < -0.3 is 9.11 Å². The smallest absolute Gasteiger partial charge is 0.0841 e. The lowest BCUT2D eigenvalue weighted by Gasteiger charge is -2.28. The molecule has 0 spiro atoms. The normalized spacial score (nSPS) is 16.2. The second kappa shape index (κ2) is 3.44. The summed E-state index contributed by atoms with van der Waals surface area (Å²) in [6.07, 6.45) is 0. The van der Waals surface area contributed by atoms with Crippen molar-refractivity contribution in [2.45, 2.75) is 0 Å². The lowest BCUT2D eigenvalue weighted by molar-refractivity contribution is 0.394. The fourth-order valence-corrected chi connectivity index (χ4v) is 3.61. The van der Waals surface area contributed by atoms with Crippen molar-refractivity contribution in [2.24, 2.45) is 0 Å². The summed E-state index contributed by atoms with van der Waals surface area (Å²) in [6, 6.07) is 0. The van der Waals surface area contributed by atoms with E-state index in [4.69, 9.17) is 9.11 Å². The summed E-state index contributed by atoms with van der Waals surface area (Å²) in [5, 5.41) is 0. The summed E-state index contributed by atoms with van der Waals surface area (Å²) < 4.78 is 29.0. The quantitative estimate of drug-likeness (QED) is 0.508. The van der Waals surface area contributed by atoms with Gasteiger partial charge in [0, 0.05) is 11.5 Å². The molecule has 0 unspecified atom stereocenters. The fraction of sp³-hybridized carbons (Fsp3) is 1.00. The fourth-order valence-electron chi connectivity index (χ4n) is 0.469. The standard InChI is InChI=1S/C4H12O3S3/c5-10(6,7,3-1-8)4-2-9/h8-9H,1-4H2,(H2,5,6,7). The van der Waals surface area contributed by atoms with Gasteiger partial charge in [-0.1, -0.05) is 0 Å². The maximum Gasteiger partial charge on any atom is 0.0841 e. The zero-order chi connectivity index (χ0) is 8.28. The molecule has 0 atom stereocenters. The Balaban J connectivity index is 4.13. The molecule has 0 saturated heterocycles. The summed E-state index contributed by atoms with van der Waals surface area (Å²) in [6.45, 7) is 0. The second-order valence-electron chi connectivity index (χ2n) is 2.04. The summed E-state index contributed by atoms with van der Waals surface area (Å²) in [4.78, 5) is 0. The Kier molecular flexibility index (Phi) is 3.71. The Morgan fingerprint density at radius 2 is 1.40 bits per heavy atom. The van der Waals surface area contributed by atoms with Gasteiger partial charge in [0.05, 0.1) is 21.1 Å². The van der Waals surface area contributed by atoms with E-state index in [1.54, 1.807) is 0 Å². The van der Waals surface area contributed by atoms with Gasteiger partial charge in [0.2, 0.25) is 0 Å². The van der Waals surface area contributed by atoms with Crippen molar-refractivity contribution >= 4 is 34.9 Å². The third-order valence-electron chi connectivity index (χ3n) is 1.00. The van der Waals surface area contributed by atoms with E-state index in [2.05, 4.69) is 25.3 Å². The highest BCUT2D eigenvalue weighted by atomic mass is 32.3. The molecule has 64 valence electrons. The van der Waals surface area contributed by atoms with Crippen LogP contribution in [0.15, 0.2) is 0 Å². The van der Waals surface area contributed by atoms with E-state index in [0.29, 0.717) is 0 Å². The molecule has 10 heavy (non-hydrogen) atoms. The van der Waals surface area contributed by atoms with Crippen LogP contribution in [0.5, 0.6) is 0 Å². The van der Waals surface area contributed by atoms with E-state index in [-0.39, 0.29) is 23.0 Å². The lowest BCUT2D eigenvalue weighted by Crippen LogP contribution is -2.40. The average Bonchev–Trinajstić information content (AvgIpc) is 1.61. The topological polar surface area (TPSA) is 57.5 Å². The van der Waals surface area contributed by atoms with Crippen LogP contribution >= 0.6 is 25.3 Å². The first-order valence-corrected chi connectivity index (χ1v) is 6.22. The van der Waals surface area contributed by atoms with Crippen molar-refractivity contribution in [2.75, 3.05) is 23.0 Å². The number of thiol groups is 2. The molecule has 0 amide bonds. The van der Waals surface area contributed by atoms with Crippen LogP contribution in [0.1, 0.15) is 0 Å². The summed E-state index contributed by atoms with van der Waals surface area (Å²) in [7, 11) is -4.33. The molecule has 0 radical (unpaired) electrons. The molecule has 0 fully saturated rings. The van der Waals surface area contributed by atoms with Crippen LogP contribution in [-0.4, -0.2) is 36.3 Å². The van der Waals surface area contributed by atoms with Gasteiger partial charge in [0.1, 0.15) is 0 Å². The van der Waals surface area contributed by atoms with Crippen LogP contribution in [-0.2, 0) is 9.63 Å². The minimum Gasteiger partial charge on any atom is -0.308 e. The Bertz CT molecular complexity index is 149. The lowest BCUT2D eigenvalue weighted by atomic mass is 10.9. The van der Waals surface area contributed by atoms with Crippen molar-refractivity contribution in [3.8, 4) is 0 Å². The van der Waals surface area contributed by atoms with Crippen LogP contribution in [0.4, 0.5) is 0 Å². The average molecular weight is 204 g/mol. The largest absolute Gasteiger partial charge is 0.308 e. The van der Waals surface area contributed by atoms with Crippen LogP contribution in [0.2, 0.25) is 0 Å².